The topological polar surface area (TPSA) is 87.7 Å². The normalized spacial score (nSPS) is 11.7. The fourth-order valence-electron chi connectivity index (χ4n) is 3.19. The van der Waals surface area contributed by atoms with Crippen LogP contribution in [-0.2, 0) is 4.79 Å². The minimum Gasteiger partial charge on any atom is -0.508 e. The number of hydrogen-bond acceptors (Lipinski definition) is 4. The smallest absolute Gasteiger partial charge is 0.251 e. The summed E-state index contributed by atoms with van der Waals surface area (Å²) >= 11 is 0. The number of carbonyl (C=O) groups is 2. The lowest BCUT2D eigenvalue weighted by atomic mass is 9.97. The number of aromatic hydroxyl groups is 1. The molecule has 0 radical (unpaired) electrons. The number of amides is 2. The Morgan fingerprint density at radius 2 is 1.70 bits per heavy atom. The fraction of sp³-hybridized carbons (Fsp3) is 0.250. The van der Waals surface area contributed by atoms with Crippen molar-refractivity contribution in [2.45, 2.75) is 19.3 Å². The number of carbonyl (C=O) groups excluding carboxylic acids is 2. The number of fused-ring (bicyclic) bond motifs is 1. The van der Waals surface area contributed by atoms with Crippen molar-refractivity contribution in [2.75, 3.05) is 20.2 Å². The highest BCUT2D eigenvalue weighted by Crippen LogP contribution is 2.25. The summed E-state index contributed by atoms with van der Waals surface area (Å²) in [7, 11) is 1.64. The Kier molecular flexibility index (Phi) is 6.91. The summed E-state index contributed by atoms with van der Waals surface area (Å²) in [6, 6.07) is 18.0. The van der Waals surface area contributed by atoms with Crippen LogP contribution >= 0.6 is 0 Å². The molecule has 0 saturated carbocycles. The molecule has 3 N–H and O–H groups in total. The number of phenols is 1. The lowest BCUT2D eigenvalue weighted by Gasteiger charge is -2.14. The van der Waals surface area contributed by atoms with Crippen molar-refractivity contribution in [1.82, 2.24) is 10.6 Å². The number of ether oxygens (including phenoxy) is 1. The average Bonchev–Trinajstić information content (AvgIpc) is 2.77. The first-order valence-corrected chi connectivity index (χ1v) is 9.90. The van der Waals surface area contributed by atoms with Crippen LogP contribution in [0.1, 0.15) is 35.2 Å². The second kappa shape index (κ2) is 9.78. The molecule has 0 aliphatic carbocycles. The van der Waals surface area contributed by atoms with E-state index in [1.54, 1.807) is 19.2 Å². The van der Waals surface area contributed by atoms with Gasteiger partial charge in [0.15, 0.2) is 0 Å². The highest BCUT2D eigenvalue weighted by molar-refractivity contribution is 5.94. The van der Waals surface area contributed by atoms with Gasteiger partial charge in [-0.2, -0.15) is 0 Å². The minimum absolute atomic E-state index is 0.0525. The van der Waals surface area contributed by atoms with Gasteiger partial charge in [-0.1, -0.05) is 30.3 Å². The number of methoxy groups -OCH3 is 1. The largest absolute Gasteiger partial charge is 0.508 e. The highest BCUT2D eigenvalue weighted by Gasteiger charge is 2.15. The van der Waals surface area contributed by atoms with E-state index in [0.717, 1.165) is 22.1 Å². The molecule has 156 valence electrons. The number of rotatable bonds is 8. The van der Waals surface area contributed by atoms with Crippen LogP contribution in [-0.4, -0.2) is 37.1 Å². The van der Waals surface area contributed by atoms with Crippen molar-refractivity contribution in [3.63, 3.8) is 0 Å². The zero-order chi connectivity index (χ0) is 21.5. The Balaban J connectivity index is 1.46. The van der Waals surface area contributed by atoms with E-state index in [2.05, 4.69) is 10.6 Å². The molecule has 0 unspecified atom stereocenters. The van der Waals surface area contributed by atoms with Gasteiger partial charge in [0.25, 0.3) is 5.91 Å². The van der Waals surface area contributed by atoms with Gasteiger partial charge >= 0.3 is 0 Å². The molecule has 1 atom stereocenters. The molecular formula is C24H26N2O4. The van der Waals surface area contributed by atoms with E-state index in [0.29, 0.717) is 25.1 Å². The molecule has 6 heteroatoms. The molecular weight excluding hydrogens is 380 g/mol. The third-order valence-electron chi connectivity index (χ3n) is 5.01. The van der Waals surface area contributed by atoms with E-state index < -0.39 is 0 Å². The van der Waals surface area contributed by atoms with Crippen molar-refractivity contribution in [1.29, 1.82) is 0 Å². The van der Waals surface area contributed by atoms with Gasteiger partial charge in [0.05, 0.1) is 13.0 Å². The predicted molar refractivity (Wildman–Crippen MR) is 117 cm³/mol. The molecule has 0 spiro atoms. The average molecular weight is 406 g/mol. The maximum absolute atomic E-state index is 12.5. The fourth-order valence-corrected chi connectivity index (χ4v) is 3.19. The summed E-state index contributed by atoms with van der Waals surface area (Å²) in [6.45, 7) is 2.78. The second-order valence-electron chi connectivity index (χ2n) is 7.15. The van der Waals surface area contributed by atoms with Crippen LogP contribution in [0.5, 0.6) is 11.5 Å². The van der Waals surface area contributed by atoms with E-state index in [9.17, 15) is 14.7 Å². The van der Waals surface area contributed by atoms with Crippen molar-refractivity contribution in [2.24, 2.45) is 0 Å². The number of benzene rings is 3. The first kappa shape index (κ1) is 21.2. The number of phenolic OH excluding ortho intramolecular Hbond substituents is 1. The van der Waals surface area contributed by atoms with Crippen LogP contribution < -0.4 is 15.4 Å². The quantitative estimate of drug-likeness (QED) is 0.499. The van der Waals surface area contributed by atoms with Crippen LogP contribution in [0.4, 0.5) is 0 Å². The summed E-state index contributed by atoms with van der Waals surface area (Å²) in [5.41, 5.74) is 1.35. The molecule has 0 fully saturated rings. The summed E-state index contributed by atoms with van der Waals surface area (Å²) < 4.78 is 5.25. The van der Waals surface area contributed by atoms with Crippen LogP contribution in [0.15, 0.2) is 60.7 Å². The molecule has 0 aliphatic rings. The van der Waals surface area contributed by atoms with Crippen molar-refractivity contribution in [3.05, 3.63) is 71.8 Å². The SMILES string of the molecule is COc1ccc2cc([C@H](C)C(=O)NCCCNC(=O)c3cccc(O)c3)ccc2c1. The van der Waals surface area contributed by atoms with Crippen molar-refractivity contribution >= 4 is 22.6 Å². The van der Waals surface area contributed by atoms with E-state index >= 15 is 0 Å². The molecule has 3 aromatic rings. The zero-order valence-corrected chi connectivity index (χ0v) is 17.1. The molecule has 0 bridgehead atoms. The van der Waals surface area contributed by atoms with Crippen LogP contribution in [0.25, 0.3) is 10.8 Å². The minimum atomic E-state index is -0.279. The Bertz CT molecular complexity index is 1050. The molecule has 6 nitrogen and oxygen atoms in total. The Morgan fingerprint density at radius 3 is 2.47 bits per heavy atom. The maximum Gasteiger partial charge on any atom is 0.251 e. The van der Waals surface area contributed by atoms with Gasteiger partial charge in [-0.25, -0.2) is 0 Å². The lowest BCUT2D eigenvalue weighted by molar-refractivity contribution is -0.122. The molecule has 0 saturated heterocycles. The van der Waals surface area contributed by atoms with E-state index in [4.69, 9.17) is 4.74 Å². The molecule has 30 heavy (non-hydrogen) atoms. The third kappa shape index (κ3) is 5.29. The van der Waals surface area contributed by atoms with Crippen molar-refractivity contribution in [3.8, 4) is 11.5 Å². The Morgan fingerprint density at radius 1 is 0.967 bits per heavy atom. The van der Waals surface area contributed by atoms with Gasteiger partial charge in [-0.05, 0) is 60.0 Å². The highest BCUT2D eigenvalue weighted by atomic mass is 16.5. The van der Waals surface area contributed by atoms with Crippen LogP contribution in [0.2, 0.25) is 0 Å². The monoisotopic (exact) mass is 406 g/mol. The first-order valence-electron chi connectivity index (χ1n) is 9.90. The van der Waals surface area contributed by atoms with Gasteiger partial charge in [0.1, 0.15) is 11.5 Å². The first-order chi connectivity index (χ1) is 14.5. The Hall–Kier alpha value is -3.54. The summed E-state index contributed by atoms with van der Waals surface area (Å²) in [5.74, 6) is 0.271. The zero-order valence-electron chi connectivity index (χ0n) is 17.1. The standard InChI is InChI=1S/C24H26N2O4/c1-16(17-7-8-19-15-22(30-2)10-9-18(19)13-17)23(28)25-11-4-12-26-24(29)20-5-3-6-21(27)14-20/h3,5-10,13-16,27H,4,11-12H2,1-2H3,(H,25,28)(H,26,29)/t16-/m0/s1. The molecule has 0 heterocycles. The molecule has 0 aromatic heterocycles. The maximum atomic E-state index is 12.5. The van der Waals surface area contributed by atoms with E-state index in [1.165, 1.54) is 12.1 Å². The second-order valence-corrected chi connectivity index (χ2v) is 7.15. The lowest BCUT2D eigenvalue weighted by Crippen LogP contribution is -2.32. The third-order valence-corrected chi connectivity index (χ3v) is 5.01. The van der Waals surface area contributed by atoms with Gasteiger partial charge in [0.2, 0.25) is 5.91 Å². The van der Waals surface area contributed by atoms with Crippen LogP contribution in [0, 0.1) is 0 Å². The van der Waals surface area contributed by atoms with Crippen LogP contribution in [0.3, 0.4) is 0 Å². The van der Waals surface area contributed by atoms with Gasteiger partial charge in [-0.15, -0.1) is 0 Å². The molecule has 3 rings (SSSR count). The van der Waals surface area contributed by atoms with E-state index in [1.807, 2.05) is 43.3 Å². The summed E-state index contributed by atoms with van der Waals surface area (Å²) in [5, 5.41) is 17.2. The van der Waals surface area contributed by atoms with Gasteiger partial charge < -0.3 is 20.5 Å². The Labute approximate surface area is 175 Å². The molecule has 3 aromatic carbocycles. The van der Waals surface area contributed by atoms with Gasteiger partial charge in [0, 0.05) is 18.7 Å². The molecule has 2 amide bonds. The summed E-state index contributed by atoms with van der Waals surface area (Å²) in [6.07, 6.45) is 0.612. The van der Waals surface area contributed by atoms with E-state index in [-0.39, 0.29) is 23.5 Å². The molecule has 0 aliphatic heterocycles. The summed E-state index contributed by atoms with van der Waals surface area (Å²) in [4.78, 5) is 24.5. The number of hydrogen-bond donors (Lipinski definition) is 3. The number of nitrogens with one attached hydrogen (secondary N) is 2. The van der Waals surface area contributed by atoms with Gasteiger partial charge in [-0.3, -0.25) is 9.59 Å². The van der Waals surface area contributed by atoms with Crippen molar-refractivity contribution < 1.29 is 19.4 Å². The predicted octanol–water partition coefficient (Wildman–Crippen LogP) is 3.59.